The number of phenols is 1. The molecule has 0 radical (unpaired) electrons. The van der Waals surface area contributed by atoms with Crippen molar-refractivity contribution in [1.29, 1.82) is 5.26 Å². The van der Waals surface area contributed by atoms with Crippen molar-refractivity contribution < 1.29 is 10.0 Å². The fourth-order valence-corrected chi connectivity index (χ4v) is 2.05. The number of nitriles is 1. The molecule has 0 aliphatic carbocycles. The molecule has 23 heavy (non-hydrogen) atoms. The van der Waals surface area contributed by atoms with Crippen LogP contribution >= 0.6 is 0 Å². The van der Waals surface area contributed by atoms with E-state index in [2.05, 4.69) is 5.10 Å². The molecular weight excluding hydrogens is 300 g/mol. The molecule has 116 valence electrons. The van der Waals surface area contributed by atoms with E-state index in [1.54, 1.807) is 19.9 Å². The van der Waals surface area contributed by atoms with Crippen LogP contribution in [0.15, 0.2) is 34.2 Å². The number of hydrogen-bond acceptors (Lipinski definition) is 6. The Bertz CT molecular complexity index is 922. The molecule has 1 N–H and O–H groups in total. The highest BCUT2D eigenvalue weighted by molar-refractivity contribution is 5.81. The maximum atomic E-state index is 12.2. The van der Waals surface area contributed by atoms with Gasteiger partial charge in [-0.3, -0.25) is 14.9 Å². The zero-order chi connectivity index (χ0) is 17.1. The maximum absolute atomic E-state index is 12.2. The lowest BCUT2D eigenvalue weighted by molar-refractivity contribution is -0.385. The molecule has 0 unspecified atom stereocenters. The molecule has 8 nitrogen and oxygen atoms in total. The summed E-state index contributed by atoms with van der Waals surface area (Å²) >= 11 is 0. The third-order valence-electron chi connectivity index (χ3n) is 3.19. The van der Waals surface area contributed by atoms with E-state index < -0.39 is 21.9 Å². The van der Waals surface area contributed by atoms with Crippen LogP contribution in [0, 0.1) is 35.3 Å². The van der Waals surface area contributed by atoms with Gasteiger partial charge in [0, 0.05) is 17.3 Å². The maximum Gasteiger partial charge on any atom is 0.311 e. The van der Waals surface area contributed by atoms with Crippen LogP contribution in [-0.2, 0) is 0 Å². The molecule has 2 rings (SSSR count). The Morgan fingerprint density at radius 2 is 2.09 bits per heavy atom. The molecule has 0 fully saturated rings. The minimum Gasteiger partial charge on any atom is -0.502 e. The monoisotopic (exact) mass is 312 g/mol. The summed E-state index contributed by atoms with van der Waals surface area (Å²) in [6.45, 7) is 3.32. The van der Waals surface area contributed by atoms with Crippen molar-refractivity contribution in [1.82, 2.24) is 4.68 Å². The van der Waals surface area contributed by atoms with E-state index in [-0.39, 0.29) is 5.56 Å². The zero-order valence-electron chi connectivity index (χ0n) is 12.3. The predicted molar refractivity (Wildman–Crippen MR) is 82.6 cm³/mol. The molecule has 0 atom stereocenters. The van der Waals surface area contributed by atoms with Crippen LogP contribution in [0.2, 0.25) is 0 Å². The molecular formula is C15H12N4O4. The molecule has 0 amide bonds. The van der Waals surface area contributed by atoms with Crippen LogP contribution in [0.5, 0.6) is 5.75 Å². The number of phenolic OH excluding ortho intramolecular Hbond substituents is 1. The number of nitro groups is 1. The average Bonchev–Trinajstić information content (AvgIpc) is 2.48. The molecule has 0 aliphatic heterocycles. The summed E-state index contributed by atoms with van der Waals surface area (Å²) in [5.41, 5.74) is 0.385. The van der Waals surface area contributed by atoms with Crippen molar-refractivity contribution in [3.8, 4) is 11.8 Å². The third-order valence-corrected chi connectivity index (χ3v) is 3.19. The summed E-state index contributed by atoms with van der Waals surface area (Å²) < 4.78 is 1.05. The number of hydrogen-bond donors (Lipinski definition) is 1. The summed E-state index contributed by atoms with van der Waals surface area (Å²) in [6.07, 6.45) is 1.25. The lowest BCUT2D eigenvalue weighted by Gasteiger charge is -2.06. The third kappa shape index (κ3) is 3.08. The van der Waals surface area contributed by atoms with E-state index in [1.165, 1.54) is 18.3 Å². The van der Waals surface area contributed by atoms with Crippen molar-refractivity contribution in [2.24, 2.45) is 5.10 Å². The van der Waals surface area contributed by atoms with E-state index in [1.807, 2.05) is 6.07 Å². The minimum atomic E-state index is -0.718. The Morgan fingerprint density at radius 1 is 1.39 bits per heavy atom. The molecule has 0 saturated carbocycles. The normalized spacial score (nSPS) is 10.7. The molecule has 2 aromatic rings. The van der Waals surface area contributed by atoms with Crippen LogP contribution in [0.3, 0.4) is 0 Å². The fraction of sp³-hybridized carbons (Fsp3) is 0.133. The first-order valence-electron chi connectivity index (χ1n) is 6.50. The van der Waals surface area contributed by atoms with E-state index in [0.29, 0.717) is 16.8 Å². The van der Waals surface area contributed by atoms with Gasteiger partial charge in [-0.25, -0.2) is 4.68 Å². The quantitative estimate of drug-likeness (QED) is 0.526. The lowest BCUT2D eigenvalue weighted by Crippen LogP contribution is -2.22. The number of pyridine rings is 1. The topological polar surface area (TPSA) is 122 Å². The minimum absolute atomic E-state index is 0.00978. The van der Waals surface area contributed by atoms with Gasteiger partial charge in [0.2, 0.25) is 0 Å². The number of aromatic hydroxyl groups is 1. The standard InChI is InChI=1S/C15H12N4O4/c1-9-5-10(2)18(15(21)12(9)7-16)17-8-11-3-4-14(20)13(6-11)19(22)23/h3-6,8,20H,1-2H3/b17-8-. The van der Waals surface area contributed by atoms with Crippen LogP contribution in [0.4, 0.5) is 5.69 Å². The second-order valence-electron chi connectivity index (χ2n) is 4.82. The molecule has 8 heteroatoms. The van der Waals surface area contributed by atoms with Gasteiger partial charge in [0.25, 0.3) is 5.56 Å². The number of nitrogens with zero attached hydrogens (tertiary/aromatic N) is 4. The molecule has 1 heterocycles. The predicted octanol–water partition coefficient (Wildman–Crippen LogP) is 1.83. The number of aryl methyl sites for hydroxylation is 2. The van der Waals surface area contributed by atoms with Gasteiger partial charge in [-0.1, -0.05) is 0 Å². The highest BCUT2D eigenvalue weighted by atomic mass is 16.6. The summed E-state index contributed by atoms with van der Waals surface area (Å²) in [5, 5.41) is 33.2. The molecule has 0 saturated heterocycles. The molecule has 1 aromatic heterocycles. The van der Waals surface area contributed by atoms with Gasteiger partial charge in [0.05, 0.1) is 11.1 Å². The Hall–Kier alpha value is -3.47. The van der Waals surface area contributed by atoms with E-state index in [0.717, 1.165) is 10.7 Å². The smallest absolute Gasteiger partial charge is 0.311 e. The van der Waals surface area contributed by atoms with Gasteiger partial charge in [0.15, 0.2) is 5.75 Å². The molecule has 1 aromatic carbocycles. The van der Waals surface area contributed by atoms with Crippen molar-refractivity contribution >= 4 is 11.9 Å². The Kier molecular flexibility index (Phi) is 4.23. The zero-order valence-corrected chi connectivity index (χ0v) is 12.3. The van der Waals surface area contributed by atoms with Crippen molar-refractivity contribution in [2.45, 2.75) is 13.8 Å². The lowest BCUT2D eigenvalue weighted by atomic mass is 10.1. The van der Waals surface area contributed by atoms with Gasteiger partial charge in [-0.15, -0.1) is 0 Å². The number of nitro benzene ring substituents is 1. The van der Waals surface area contributed by atoms with E-state index in [4.69, 9.17) is 5.26 Å². The Balaban J connectivity index is 2.50. The number of benzene rings is 1. The summed E-state index contributed by atoms with van der Waals surface area (Å²) in [6, 6.07) is 7.21. The van der Waals surface area contributed by atoms with Crippen LogP contribution < -0.4 is 5.56 Å². The number of aromatic nitrogens is 1. The highest BCUT2D eigenvalue weighted by Gasteiger charge is 2.13. The van der Waals surface area contributed by atoms with Crippen LogP contribution in [-0.4, -0.2) is 20.9 Å². The summed E-state index contributed by atoms with van der Waals surface area (Å²) in [5.74, 6) is -0.456. The van der Waals surface area contributed by atoms with Crippen molar-refractivity contribution in [3.05, 3.63) is 67.1 Å². The van der Waals surface area contributed by atoms with Gasteiger partial charge in [0.1, 0.15) is 11.6 Å². The highest BCUT2D eigenvalue weighted by Crippen LogP contribution is 2.25. The largest absolute Gasteiger partial charge is 0.502 e. The SMILES string of the molecule is Cc1cc(C)n(/N=C\c2ccc(O)c([N+](=O)[O-])c2)c(=O)c1C#N. The first kappa shape index (κ1) is 15.9. The van der Waals surface area contributed by atoms with E-state index in [9.17, 15) is 20.0 Å². The van der Waals surface area contributed by atoms with Crippen molar-refractivity contribution in [3.63, 3.8) is 0 Å². The molecule has 0 aliphatic rings. The Labute approximate surface area is 130 Å². The van der Waals surface area contributed by atoms with Gasteiger partial charge >= 0.3 is 5.69 Å². The fourth-order valence-electron chi connectivity index (χ4n) is 2.05. The van der Waals surface area contributed by atoms with Crippen molar-refractivity contribution in [2.75, 3.05) is 0 Å². The molecule has 0 spiro atoms. The first-order valence-corrected chi connectivity index (χ1v) is 6.50. The summed E-state index contributed by atoms with van der Waals surface area (Å²) in [7, 11) is 0. The summed E-state index contributed by atoms with van der Waals surface area (Å²) in [4.78, 5) is 22.2. The van der Waals surface area contributed by atoms with E-state index >= 15 is 0 Å². The second kappa shape index (κ2) is 6.11. The van der Waals surface area contributed by atoms with Gasteiger partial charge < -0.3 is 5.11 Å². The number of rotatable bonds is 3. The van der Waals surface area contributed by atoms with Crippen LogP contribution in [0.25, 0.3) is 0 Å². The van der Waals surface area contributed by atoms with Gasteiger partial charge in [-0.05, 0) is 37.6 Å². The average molecular weight is 312 g/mol. The first-order chi connectivity index (χ1) is 10.8. The van der Waals surface area contributed by atoms with Gasteiger partial charge in [-0.2, -0.15) is 10.4 Å². The second-order valence-corrected chi connectivity index (χ2v) is 4.82. The Morgan fingerprint density at radius 3 is 2.70 bits per heavy atom. The molecule has 0 bridgehead atoms. The van der Waals surface area contributed by atoms with Crippen LogP contribution in [0.1, 0.15) is 22.4 Å².